The van der Waals surface area contributed by atoms with Crippen molar-refractivity contribution in [3.63, 3.8) is 0 Å². The minimum absolute atomic E-state index is 0.323. The van der Waals surface area contributed by atoms with E-state index in [4.69, 9.17) is 4.42 Å². The van der Waals surface area contributed by atoms with Crippen molar-refractivity contribution in [3.05, 3.63) is 72.3 Å². The summed E-state index contributed by atoms with van der Waals surface area (Å²) >= 11 is 1.35. The highest BCUT2D eigenvalue weighted by Crippen LogP contribution is 2.23. The van der Waals surface area contributed by atoms with Gasteiger partial charge in [0, 0.05) is 29.9 Å². The van der Waals surface area contributed by atoms with Gasteiger partial charge in [0.25, 0.3) is 0 Å². The number of pyridine rings is 2. The minimum Gasteiger partial charge on any atom is -0.472 e. The van der Waals surface area contributed by atoms with Gasteiger partial charge in [-0.25, -0.2) is 9.78 Å². The first-order valence-corrected chi connectivity index (χ1v) is 9.05. The first-order valence-electron chi connectivity index (χ1n) is 8.17. The molecule has 0 aromatic carbocycles. The molecule has 0 saturated carbocycles. The summed E-state index contributed by atoms with van der Waals surface area (Å²) in [6.45, 7) is 0.364. The molecule has 0 bridgehead atoms. The maximum Gasteiger partial charge on any atom is 0.321 e. The number of thiazole rings is 1. The molecular weight excluding hydrogens is 362 g/mol. The molecule has 8 heteroatoms. The Kier molecular flexibility index (Phi) is 4.88. The number of nitrogens with zero attached hydrogens (tertiary/aromatic N) is 3. The van der Waals surface area contributed by atoms with Gasteiger partial charge in [-0.1, -0.05) is 12.1 Å². The summed E-state index contributed by atoms with van der Waals surface area (Å²) in [6.07, 6.45) is 6.68. The summed E-state index contributed by atoms with van der Waals surface area (Å²) in [7, 11) is 0. The second kappa shape index (κ2) is 7.79. The predicted molar refractivity (Wildman–Crippen MR) is 103 cm³/mol. The molecule has 0 radical (unpaired) electrons. The van der Waals surface area contributed by atoms with E-state index in [9.17, 15) is 4.79 Å². The van der Waals surface area contributed by atoms with Crippen LogP contribution in [-0.2, 0) is 6.54 Å². The third-order valence-corrected chi connectivity index (χ3v) is 4.50. The minimum atomic E-state index is -0.323. The third-order valence-electron chi connectivity index (χ3n) is 3.75. The van der Waals surface area contributed by atoms with Crippen LogP contribution in [0.3, 0.4) is 0 Å². The molecule has 0 aliphatic heterocycles. The Hall–Kier alpha value is -3.52. The number of rotatable bonds is 5. The van der Waals surface area contributed by atoms with E-state index in [1.807, 2.05) is 41.8 Å². The van der Waals surface area contributed by atoms with Crippen molar-refractivity contribution >= 4 is 22.5 Å². The van der Waals surface area contributed by atoms with Gasteiger partial charge in [0.05, 0.1) is 23.9 Å². The fourth-order valence-electron chi connectivity index (χ4n) is 2.40. The molecule has 2 amide bonds. The van der Waals surface area contributed by atoms with Gasteiger partial charge in [0.1, 0.15) is 5.69 Å². The van der Waals surface area contributed by atoms with E-state index in [1.54, 1.807) is 24.9 Å². The number of nitrogens with one attached hydrogen (secondary N) is 2. The molecule has 0 aliphatic rings. The molecule has 7 nitrogen and oxygen atoms in total. The average Bonchev–Trinajstić information content (AvgIpc) is 3.40. The first kappa shape index (κ1) is 16.9. The molecule has 4 heterocycles. The summed E-state index contributed by atoms with van der Waals surface area (Å²) in [4.78, 5) is 25.1. The van der Waals surface area contributed by atoms with Crippen LogP contribution in [0.4, 0.5) is 9.93 Å². The lowest BCUT2D eigenvalue weighted by Crippen LogP contribution is -2.28. The number of carbonyl (C=O) groups excluding carboxylic acids is 1. The van der Waals surface area contributed by atoms with Crippen LogP contribution < -0.4 is 10.6 Å². The van der Waals surface area contributed by atoms with Gasteiger partial charge in [-0.15, -0.1) is 11.3 Å². The molecule has 4 aromatic heterocycles. The number of urea groups is 1. The van der Waals surface area contributed by atoms with Gasteiger partial charge >= 0.3 is 6.03 Å². The molecule has 0 saturated heterocycles. The third kappa shape index (κ3) is 4.18. The number of hydrogen-bond acceptors (Lipinski definition) is 6. The van der Waals surface area contributed by atoms with Crippen molar-refractivity contribution in [1.82, 2.24) is 20.3 Å². The quantitative estimate of drug-likeness (QED) is 0.544. The average molecular weight is 377 g/mol. The van der Waals surface area contributed by atoms with E-state index in [2.05, 4.69) is 25.6 Å². The SMILES string of the molecule is O=C(NCc1ccc(-c2ccoc2)nc1)Nc1nc(-c2ccccn2)cs1. The number of aromatic nitrogens is 3. The van der Waals surface area contributed by atoms with Crippen LogP contribution >= 0.6 is 11.3 Å². The van der Waals surface area contributed by atoms with Gasteiger partial charge in [-0.05, 0) is 29.8 Å². The van der Waals surface area contributed by atoms with E-state index in [0.717, 1.165) is 28.2 Å². The van der Waals surface area contributed by atoms with E-state index in [0.29, 0.717) is 11.7 Å². The lowest BCUT2D eigenvalue weighted by atomic mass is 10.2. The van der Waals surface area contributed by atoms with E-state index < -0.39 is 0 Å². The van der Waals surface area contributed by atoms with E-state index >= 15 is 0 Å². The Labute approximate surface area is 159 Å². The Morgan fingerprint density at radius 3 is 2.78 bits per heavy atom. The monoisotopic (exact) mass is 377 g/mol. The molecule has 0 spiro atoms. The summed E-state index contributed by atoms with van der Waals surface area (Å²) in [5.74, 6) is 0. The summed E-state index contributed by atoms with van der Waals surface area (Å²) in [6, 6.07) is 10.9. The molecule has 0 aliphatic carbocycles. The molecule has 0 fully saturated rings. The van der Waals surface area contributed by atoms with Gasteiger partial charge in [0.2, 0.25) is 0 Å². The Bertz CT molecular complexity index is 1010. The van der Waals surface area contributed by atoms with Gasteiger partial charge in [0.15, 0.2) is 5.13 Å². The zero-order valence-corrected chi connectivity index (χ0v) is 14.9. The lowest BCUT2D eigenvalue weighted by molar-refractivity contribution is 0.251. The predicted octanol–water partition coefficient (Wildman–Crippen LogP) is 4.18. The molecule has 4 rings (SSSR count). The highest BCUT2D eigenvalue weighted by molar-refractivity contribution is 7.14. The van der Waals surface area contributed by atoms with Gasteiger partial charge in [-0.2, -0.15) is 0 Å². The Morgan fingerprint density at radius 2 is 2.04 bits per heavy atom. The van der Waals surface area contributed by atoms with Gasteiger partial charge in [-0.3, -0.25) is 15.3 Å². The summed E-state index contributed by atoms with van der Waals surface area (Å²) in [5, 5.41) is 7.90. The van der Waals surface area contributed by atoms with Crippen molar-refractivity contribution in [2.75, 3.05) is 5.32 Å². The molecule has 0 atom stereocenters. The zero-order valence-electron chi connectivity index (χ0n) is 14.1. The van der Waals surface area contributed by atoms with Crippen LogP contribution in [0.2, 0.25) is 0 Å². The van der Waals surface area contributed by atoms with Crippen molar-refractivity contribution in [2.45, 2.75) is 6.54 Å². The summed E-state index contributed by atoms with van der Waals surface area (Å²) < 4.78 is 5.05. The van der Waals surface area contributed by atoms with Crippen molar-refractivity contribution in [2.24, 2.45) is 0 Å². The normalized spacial score (nSPS) is 10.5. The molecule has 27 heavy (non-hydrogen) atoms. The van der Waals surface area contributed by atoms with E-state index in [-0.39, 0.29) is 6.03 Å². The number of hydrogen-bond donors (Lipinski definition) is 2. The molecular formula is C19H15N5O2S. The number of furan rings is 1. The van der Waals surface area contributed by atoms with Crippen molar-refractivity contribution in [1.29, 1.82) is 0 Å². The van der Waals surface area contributed by atoms with Crippen LogP contribution in [0.25, 0.3) is 22.6 Å². The van der Waals surface area contributed by atoms with E-state index in [1.165, 1.54) is 11.3 Å². The smallest absolute Gasteiger partial charge is 0.321 e. The second-order valence-electron chi connectivity index (χ2n) is 5.62. The highest BCUT2D eigenvalue weighted by atomic mass is 32.1. The fourth-order valence-corrected chi connectivity index (χ4v) is 3.10. The fraction of sp³-hybridized carbons (Fsp3) is 0.0526. The molecule has 2 N–H and O–H groups in total. The largest absolute Gasteiger partial charge is 0.472 e. The second-order valence-corrected chi connectivity index (χ2v) is 6.48. The topological polar surface area (TPSA) is 92.9 Å². The van der Waals surface area contributed by atoms with Crippen LogP contribution in [0, 0.1) is 0 Å². The molecule has 134 valence electrons. The van der Waals surface area contributed by atoms with Crippen LogP contribution in [-0.4, -0.2) is 21.0 Å². The lowest BCUT2D eigenvalue weighted by Gasteiger charge is -2.06. The molecule has 0 unspecified atom stereocenters. The Balaban J connectivity index is 1.32. The maximum absolute atomic E-state index is 12.1. The standard InChI is InChI=1S/C19H15N5O2S/c25-18(24-19-23-17(12-27-19)16-3-1-2-7-20-16)22-10-13-4-5-15(21-9-13)14-6-8-26-11-14/h1-9,11-12H,10H2,(H2,22,23,24,25). The maximum atomic E-state index is 12.1. The number of amides is 2. The number of anilines is 1. The van der Waals surface area contributed by atoms with Gasteiger partial charge < -0.3 is 9.73 Å². The first-order chi connectivity index (χ1) is 13.3. The van der Waals surface area contributed by atoms with Crippen molar-refractivity contribution < 1.29 is 9.21 Å². The summed E-state index contributed by atoms with van der Waals surface area (Å²) in [5.41, 5.74) is 4.13. The van der Waals surface area contributed by atoms with Crippen molar-refractivity contribution in [3.8, 4) is 22.6 Å². The van der Waals surface area contributed by atoms with Crippen LogP contribution in [0.5, 0.6) is 0 Å². The Morgan fingerprint density at radius 1 is 1.07 bits per heavy atom. The zero-order chi connectivity index (χ0) is 18.5. The molecule has 4 aromatic rings. The highest BCUT2D eigenvalue weighted by Gasteiger charge is 2.08. The van der Waals surface area contributed by atoms with Crippen LogP contribution in [0.15, 0.2) is 71.1 Å². The number of carbonyl (C=O) groups is 1. The van der Waals surface area contributed by atoms with Crippen LogP contribution in [0.1, 0.15) is 5.56 Å².